The van der Waals surface area contributed by atoms with E-state index < -0.39 is 0 Å². The molecular formula is C28H25NO. The monoisotopic (exact) mass is 391 g/mol. The van der Waals surface area contributed by atoms with Gasteiger partial charge in [0.25, 0.3) is 0 Å². The Balaban J connectivity index is 1.64. The maximum absolute atomic E-state index is 6.80. The zero-order valence-corrected chi connectivity index (χ0v) is 16.8. The lowest BCUT2D eigenvalue weighted by atomic mass is 9.91. The SMILES string of the molecule is c1ccc(C2CC(c3ccccc3)N(c3ccccc3)C(c3ccccc3)O2)cc1. The Hall–Kier alpha value is -3.36. The first-order chi connectivity index (χ1) is 14.9. The van der Waals surface area contributed by atoms with E-state index in [1.807, 2.05) is 0 Å². The minimum atomic E-state index is -0.169. The molecule has 3 atom stereocenters. The van der Waals surface area contributed by atoms with Gasteiger partial charge in [0.15, 0.2) is 6.23 Å². The van der Waals surface area contributed by atoms with Crippen LogP contribution in [0, 0.1) is 0 Å². The van der Waals surface area contributed by atoms with Crippen molar-refractivity contribution >= 4 is 5.69 Å². The Morgan fingerprint density at radius 1 is 0.533 bits per heavy atom. The molecule has 3 unspecified atom stereocenters. The second-order valence-corrected chi connectivity index (χ2v) is 7.70. The number of anilines is 1. The molecule has 148 valence electrons. The molecule has 4 aromatic rings. The number of hydrogen-bond donors (Lipinski definition) is 0. The minimum Gasteiger partial charge on any atom is -0.346 e. The lowest BCUT2D eigenvalue weighted by Crippen LogP contribution is -2.40. The second kappa shape index (κ2) is 8.56. The number of nitrogens with zero attached hydrogens (tertiary/aromatic N) is 1. The van der Waals surface area contributed by atoms with Gasteiger partial charge in [-0.25, -0.2) is 0 Å². The van der Waals surface area contributed by atoms with Crippen LogP contribution in [0.15, 0.2) is 121 Å². The third-order valence-electron chi connectivity index (χ3n) is 5.81. The summed E-state index contributed by atoms with van der Waals surface area (Å²) in [7, 11) is 0. The van der Waals surface area contributed by atoms with E-state index in [1.165, 1.54) is 22.4 Å². The highest BCUT2D eigenvalue weighted by Crippen LogP contribution is 2.48. The molecule has 0 N–H and O–H groups in total. The van der Waals surface area contributed by atoms with Crippen LogP contribution in [-0.2, 0) is 4.74 Å². The Labute approximate surface area is 178 Å². The Bertz CT molecular complexity index is 1000. The van der Waals surface area contributed by atoms with Crippen LogP contribution in [0.1, 0.15) is 41.5 Å². The fourth-order valence-corrected chi connectivity index (χ4v) is 4.38. The molecule has 0 saturated carbocycles. The van der Waals surface area contributed by atoms with Gasteiger partial charge in [-0.15, -0.1) is 0 Å². The average molecular weight is 392 g/mol. The van der Waals surface area contributed by atoms with Crippen molar-refractivity contribution in [3.8, 4) is 0 Å². The summed E-state index contributed by atoms with van der Waals surface area (Å²) < 4.78 is 6.80. The largest absolute Gasteiger partial charge is 0.346 e. The quantitative estimate of drug-likeness (QED) is 0.368. The predicted molar refractivity (Wildman–Crippen MR) is 122 cm³/mol. The Morgan fingerprint density at radius 3 is 1.57 bits per heavy atom. The Morgan fingerprint density at radius 2 is 1.00 bits per heavy atom. The topological polar surface area (TPSA) is 12.5 Å². The molecule has 1 heterocycles. The summed E-state index contributed by atoms with van der Waals surface area (Å²) in [6.07, 6.45) is 0.756. The highest BCUT2D eigenvalue weighted by atomic mass is 16.5. The van der Waals surface area contributed by atoms with Crippen molar-refractivity contribution < 1.29 is 4.74 Å². The molecule has 1 aliphatic rings. The maximum Gasteiger partial charge on any atom is 0.157 e. The molecular weight excluding hydrogens is 366 g/mol. The van der Waals surface area contributed by atoms with E-state index in [4.69, 9.17) is 4.74 Å². The van der Waals surface area contributed by atoms with Crippen LogP contribution < -0.4 is 4.90 Å². The molecule has 30 heavy (non-hydrogen) atoms. The number of para-hydroxylation sites is 1. The van der Waals surface area contributed by atoms with E-state index in [-0.39, 0.29) is 18.4 Å². The van der Waals surface area contributed by atoms with Crippen LogP contribution in [0.2, 0.25) is 0 Å². The van der Waals surface area contributed by atoms with Gasteiger partial charge in [-0.1, -0.05) is 109 Å². The molecule has 2 heteroatoms. The number of benzene rings is 4. The Kier molecular flexibility index (Phi) is 5.32. The molecule has 4 aromatic carbocycles. The summed E-state index contributed by atoms with van der Waals surface area (Å²) >= 11 is 0. The summed E-state index contributed by atoms with van der Waals surface area (Å²) in [5.41, 5.74) is 4.88. The predicted octanol–water partition coefficient (Wildman–Crippen LogP) is 7.09. The van der Waals surface area contributed by atoms with Crippen LogP contribution in [0.5, 0.6) is 0 Å². The maximum atomic E-state index is 6.80. The molecule has 0 aromatic heterocycles. The van der Waals surface area contributed by atoms with Crippen LogP contribution in [0.4, 0.5) is 5.69 Å². The third kappa shape index (κ3) is 3.74. The van der Waals surface area contributed by atoms with Crippen molar-refractivity contribution in [2.24, 2.45) is 0 Å². The molecule has 0 aliphatic carbocycles. The highest BCUT2D eigenvalue weighted by Gasteiger charge is 2.38. The first-order valence-electron chi connectivity index (χ1n) is 10.5. The van der Waals surface area contributed by atoms with Crippen LogP contribution in [0.25, 0.3) is 0 Å². The highest BCUT2D eigenvalue weighted by molar-refractivity contribution is 5.52. The molecule has 5 rings (SSSR count). The molecule has 0 radical (unpaired) electrons. The van der Waals surface area contributed by atoms with Crippen molar-refractivity contribution in [3.63, 3.8) is 0 Å². The van der Waals surface area contributed by atoms with E-state index in [0.717, 1.165) is 6.42 Å². The fourth-order valence-electron chi connectivity index (χ4n) is 4.38. The summed E-state index contributed by atoms with van der Waals surface area (Å²) in [5.74, 6) is 0. The van der Waals surface area contributed by atoms with Crippen LogP contribution in [-0.4, -0.2) is 0 Å². The van der Waals surface area contributed by atoms with Crippen LogP contribution in [0.3, 0.4) is 0 Å². The zero-order chi connectivity index (χ0) is 20.2. The fraction of sp³-hybridized carbons (Fsp3) is 0.143. The zero-order valence-electron chi connectivity index (χ0n) is 16.8. The van der Waals surface area contributed by atoms with Crippen molar-refractivity contribution in [3.05, 3.63) is 138 Å². The van der Waals surface area contributed by atoms with E-state index in [1.54, 1.807) is 0 Å². The lowest BCUT2D eigenvalue weighted by molar-refractivity contribution is -0.0594. The second-order valence-electron chi connectivity index (χ2n) is 7.70. The smallest absolute Gasteiger partial charge is 0.157 e. The minimum absolute atomic E-state index is 0.0292. The number of ether oxygens (including phenoxy) is 1. The molecule has 1 saturated heterocycles. The molecule has 0 bridgehead atoms. The van der Waals surface area contributed by atoms with E-state index >= 15 is 0 Å². The standard InChI is InChI=1S/C28H25NO/c1-5-13-22(14-6-1)26-21-27(23-15-7-2-8-16-23)30-28(24-17-9-3-10-18-24)29(26)25-19-11-4-12-20-25/h1-20,26-28H,21H2. The molecule has 0 amide bonds. The number of hydrogen-bond acceptors (Lipinski definition) is 2. The first-order valence-corrected chi connectivity index (χ1v) is 10.5. The molecule has 2 nitrogen and oxygen atoms in total. The van der Waals surface area contributed by atoms with Gasteiger partial charge in [0, 0.05) is 17.7 Å². The normalized spacial score (nSPS) is 21.3. The molecule has 0 spiro atoms. The van der Waals surface area contributed by atoms with Gasteiger partial charge in [-0.2, -0.15) is 0 Å². The van der Waals surface area contributed by atoms with Gasteiger partial charge >= 0.3 is 0 Å². The first kappa shape index (κ1) is 18.7. The summed E-state index contributed by atoms with van der Waals surface area (Å²) in [6.45, 7) is 0. The average Bonchev–Trinajstić information content (AvgIpc) is 2.85. The summed E-state index contributed by atoms with van der Waals surface area (Å²) in [5, 5.41) is 0. The van der Waals surface area contributed by atoms with Gasteiger partial charge in [0.1, 0.15) is 0 Å². The molecule has 1 fully saturated rings. The number of rotatable bonds is 4. The van der Waals surface area contributed by atoms with Gasteiger partial charge in [0.2, 0.25) is 0 Å². The van der Waals surface area contributed by atoms with E-state index in [9.17, 15) is 0 Å². The van der Waals surface area contributed by atoms with Gasteiger partial charge in [-0.05, 0) is 23.3 Å². The summed E-state index contributed by atoms with van der Waals surface area (Å²) in [4.78, 5) is 2.43. The van der Waals surface area contributed by atoms with Crippen molar-refractivity contribution in [1.82, 2.24) is 0 Å². The van der Waals surface area contributed by atoms with Crippen molar-refractivity contribution in [2.45, 2.75) is 24.8 Å². The van der Waals surface area contributed by atoms with E-state index in [2.05, 4.69) is 126 Å². The molecule has 1 aliphatic heterocycles. The van der Waals surface area contributed by atoms with E-state index in [0.29, 0.717) is 0 Å². The lowest BCUT2D eigenvalue weighted by Gasteiger charge is -2.47. The van der Waals surface area contributed by atoms with Crippen molar-refractivity contribution in [2.75, 3.05) is 4.90 Å². The third-order valence-corrected chi connectivity index (χ3v) is 5.81. The van der Waals surface area contributed by atoms with Gasteiger partial charge < -0.3 is 9.64 Å². The van der Waals surface area contributed by atoms with Gasteiger partial charge in [-0.3, -0.25) is 0 Å². The van der Waals surface area contributed by atoms with Gasteiger partial charge in [0.05, 0.1) is 12.1 Å². The summed E-state index contributed by atoms with van der Waals surface area (Å²) in [6, 6.07) is 42.8. The van der Waals surface area contributed by atoms with Crippen molar-refractivity contribution in [1.29, 1.82) is 0 Å². The van der Waals surface area contributed by atoms with Crippen LogP contribution >= 0.6 is 0 Å².